The highest BCUT2D eigenvalue weighted by Gasteiger charge is 2.16. The monoisotopic (exact) mass is 346 g/mol. The molecule has 1 atom stereocenters. The molecular weight excluding hydrogens is 332 g/mol. The Bertz CT molecular complexity index is 751. The summed E-state index contributed by atoms with van der Waals surface area (Å²) in [4.78, 5) is 0. The van der Waals surface area contributed by atoms with E-state index in [2.05, 4.69) is 76.1 Å². The number of nitrogens with one attached hydrogen (secondary N) is 1. The smallest absolute Gasteiger partial charge is 0.0724 e. The van der Waals surface area contributed by atoms with Crippen molar-refractivity contribution < 1.29 is 0 Å². The van der Waals surface area contributed by atoms with Crippen molar-refractivity contribution >= 4 is 37.4 Å². The Kier molecular flexibility index (Phi) is 3.89. The molecule has 20 heavy (non-hydrogen) atoms. The summed E-state index contributed by atoms with van der Waals surface area (Å²) < 4.78 is 2.39. The van der Waals surface area contributed by atoms with E-state index in [1.807, 2.05) is 0 Å². The lowest BCUT2D eigenvalue weighted by Crippen LogP contribution is -2.28. The van der Waals surface area contributed by atoms with Gasteiger partial charge in [-0.2, -0.15) is 0 Å². The van der Waals surface area contributed by atoms with Crippen LogP contribution in [0.5, 0.6) is 0 Å². The van der Waals surface area contributed by atoms with Crippen LogP contribution in [-0.2, 0) is 0 Å². The van der Waals surface area contributed by atoms with Gasteiger partial charge in [0.05, 0.1) is 6.04 Å². The number of fused-ring (bicyclic) bond motifs is 1. The van der Waals surface area contributed by atoms with Gasteiger partial charge < -0.3 is 0 Å². The van der Waals surface area contributed by atoms with Gasteiger partial charge in [0.15, 0.2) is 0 Å². The lowest BCUT2D eigenvalue weighted by molar-refractivity contribution is 0.641. The maximum absolute atomic E-state index is 5.82. The summed E-state index contributed by atoms with van der Waals surface area (Å²) in [5.41, 5.74) is 6.55. The molecule has 0 aliphatic carbocycles. The number of thiophene rings is 1. The van der Waals surface area contributed by atoms with Gasteiger partial charge in [-0.25, -0.2) is 5.43 Å². The Balaban J connectivity index is 2.13. The van der Waals surface area contributed by atoms with E-state index < -0.39 is 0 Å². The quantitative estimate of drug-likeness (QED) is 0.540. The summed E-state index contributed by atoms with van der Waals surface area (Å²) in [6.45, 7) is 2.08. The molecule has 3 aromatic rings. The summed E-state index contributed by atoms with van der Waals surface area (Å²) in [5.74, 6) is 5.82. The summed E-state index contributed by atoms with van der Waals surface area (Å²) in [6.07, 6.45) is 0. The molecule has 0 spiro atoms. The normalized spacial score (nSPS) is 12.8. The molecule has 1 heterocycles. The minimum absolute atomic E-state index is 0.00532. The molecule has 102 valence electrons. The lowest BCUT2D eigenvalue weighted by Gasteiger charge is -2.18. The third-order valence-electron chi connectivity index (χ3n) is 3.52. The zero-order valence-electron chi connectivity index (χ0n) is 11.1. The molecule has 2 nitrogen and oxygen atoms in total. The molecule has 2 aromatic carbocycles. The summed E-state index contributed by atoms with van der Waals surface area (Å²) in [7, 11) is 0. The number of benzene rings is 2. The first-order valence-corrected chi connectivity index (χ1v) is 8.06. The molecule has 0 aliphatic rings. The van der Waals surface area contributed by atoms with Gasteiger partial charge in [0.25, 0.3) is 0 Å². The van der Waals surface area contributed by atoms with Crippen LogP contribution in [0.4, 0.5) is 0 Å². The van der Waals surface area contributed by atoms with Gasteiger partial charge >= 0.3 is 0 Å². The van der Waals surface area contributed by atoms with Crippen LogP contribution in [0.1, 0.15) is 22.7 Å². The van der Waals surface area contributed by atoms with E-state index in [9.17, 15) is 0 Å². The van der Waals surface area contributed by atoms with E-state index in [-0.39, 0.29) is 6.04 Å². The van der Waals surface area contributed by atoms with Crippen molar-refractivity contribution in [3.63, 3.8) is 0 Å². The molecule has 0 radical (unpaired) electrons. The number of nitrogens with two attached hydrogens (primary N) is 1. The second kappa shape index (κ2) is 5.66. The van der Waals surface area contributed by atoms with E-state index in [4.69, 9.17) is 5.84 Å². The standard InChI is InChI=1S/C16H15BrN2S/c1-10-5-6-12(9-14(10)17)15(19-18)13-4-2-3-11-7-8-20-16(11)13/h2-9,15,19H,18H2,1H3. The highest BCUT2D eigenvalue weighted by molar-refractivity contribution is 9.10. The van der Waals surface area contributed by atoms with Crippen molar-refractivity contribution in [1.29, 1.82) is 0 Å². The number of hydrogen-bond donors (Lipinski definition) is 2. The van der Waals surface area contributed by atoms with E-state index in [1.54, 1.807) is 11.3 Å². The second-order valence-corrected chi connectivity index (χ2v) is 6.56. The van der Waals surface area contributed by atoms with Crippen LogP contribution in [-0.4, -0.2) is 0 Å². The Morgan fingerprint density at radius 3 is 2.80 bits per heavy atom. The maximum atomic E-state index is 5.82. The average Bonchev–Trinajstić information content (AvgIpc) is 2.93. The van der Waals surface area contributed by atoms with Crippen LogP contribution < -0.4 is 11.3 Å². The van der Waals surface area contributed by atoms with Crippen LogP contribution in [0.2, 0.25) is 0 Å². The topological polar surface area (TPSA) is 38.0 Å². The van der Waals surface area contributed by atoms with Crippen molar-refractivity contribution in [3.05, 3.63) is 69.0 Å². The van der Waals surface area contributed by atoms with Crippen LogP contribution in [0.15, 0.2) is 52.3 Å². The molecule has 0 fully saturated rings. The zero-order chi connectivity index (χ0) is 14.1. The second-order valence-electron chi connectivity index (χ2n) is 4.79. The first-order valence-electron chi connectivity index (χ1n) is 6.39. The fraction of sp³-hybridized carbons (Fsp3) is 0.125. The van der Waals surface area contributed by atoms with Crippen LogP contribution >= 0.6 is 27.3 Å². The summed E-state index contributed by atoms with van der Waals surface area (Å²) >= 11 is 5.34. The molecule has 1 unspecified atom stereocenters. The Labute approximate surface area is 130 Å². The zero-order valence-corrected chi connectivity index (χ0v) is 13.5. The molecule has 3 N–H and O–H groups in total. The SMILES string of the molecule is Cc1ccc(C(NN)c2cccc3ccsc23)cc1Br. The van der Waals surface area contributed by atoms with E-state index in [0.29, 0.717) is 0 Å². The fourth-order valence-corrected chi connectivity index (χ4v) is 3.74. The molecular formula is C16H15BrN2S. The predicted molar refractivity (Wildman–Crippen MR) is 89.9 cm³/mol. The number of hydrazine groups is 1. The first-order chi connectivity index (χ1) is 9.70. The number of rotatable bonds is 3. The van der Waals surface area contributed by atoms with Crippen LogP contribution in [0, 0.1) is 6.92 Å². The molecule has 1 aromatic heterocycles. The average molecular weight is 347 g/mol. The predicted octanol–water partition coefficient (Wildman–Crippen LogP) is 4.52. The van der Waals surface area contributed by atoms with E-state index in [1.165, 1.54) is 21.2 Å². The third-order valence-corrected chi connectivity index (χ3v) is 5.35. The van der Waals surface area contributed by atoms with Crippen molar-refractivity contribution in [2.45, 2.75) is 13.0 Å². The lowest BCUT2D eigenvalue weighted by atomic mass is 9.97. The largest absolute Gasteiger partial charge is 0.271 e. The van der Waals surface area contributed by atoms with Gasteiger partial charge in [0.2, 0.25) is 0 Å². The summed E-state index contributed by atoms with van der Waals surface area (Å²) in [5, 5.41) is 3.38. The van der Waals surface area contributed by atoms with Gasteiger partial charge in [0, 0.05) is 9.17 Å². The molecule has 0 saturated heterocycles. The first kappa shape index (κ1) is 13.8. The van der Waals surface area contributed by atoms with Gasteiger partial charge in [-0.15, -0.1) is 11.3 Å². The van der Waals surface area contributed by atoms with E-state index >= 15 is 0 Å². The molecule has 0 saturated carbocycles. The molecule has 4 heteroatoms. The van der Waals surface area contributed by atoms with Crippen molar-refractivity contribution in [2.24, 2.45) is 5.84 Å². The number of halogens is 1. The Hall–Kier alpha value is -1.20. The minimum Gasteiger partial charge on any atom is -0.271 e. The van der Waals surface area contributed by atoms with Gasteiger partial charge in [-0.1, -0.05) is 46.3 Å². The molecule has 0 amide bonds. The van der Waals surface area contributed by atoms with E-state index in [0.717, 1.165) is 10.0 Å². The highest BCUT2D eigenvalue weighted by atomic mass is 79.9. The van der Waals surface area contributed by atoms with Crippen LogP contribution in [0.25, 0.3) is 10.1 Å². The van der Waals surface area contributed by atoms with Crippen molar-refractivity contribution in [3.8, 4) is 0 Å². The van der Waals surface area contributed by atoms with Crippen LogP contribution in [0.3, 0.4) is 0 Å². The van der Waals surface area contributed by atoms with Crippen molar-refractivity contribution in [2.75, 3.05) is 0 Å². The van der Waals surface area contributed by atoms with Gasteiger partial charge in [0.1, 0.15) is 0 Å². The Morgan fingerprint density at radius 1 is 1.20 bits per heavy atom. The minimum atomic E-state index is -0.00532. The maximum Gasteiger partial charge on any atom is 0.0724 e. The fourth-order valence-electron chi connectivity index (χ4n) is 2.40. The Morgan fingerprint density at radius 2 is 2.05 bits per heavy atom. The highest BCUT2D eigenvalue weighted by Crippen LogP contribution is 2.33. The van der Waals surface area contributed by atoms with Crippen molar-refractivity contribution in [1.82, 2.24) is 5.43 Å². The molecule has 0 aliphatic heterocycles. The summed E-state index contributed by atoms with van der Waals surface area (Å²) in [6, 6.07) is 14.8. The van der Waals surface area contributed by atoms with Gasteiger partial charge in [-0.05, 0) is 46.5 Å². The number of aryl methyl sites for hydroxylation is 1. The van der Waals surface area contributed by atoms with Gasteiger partial charge in [-0.3, -0.25) is 5.84 Å². The number of hydrogen-bond acceptors (Lipinski definition) is 3. The molecule has 3 rings (SSSR count). The molecule has 0 bridgehead atoms. The third kappa shape index (κ3) is 2.40.